The maximum atomic E-state index is 13.6. The van der Waals surface area contributed by atoms with Gasteiger partial charge in [0.15, 0.2) is 0 Å². The van der Waals surface area contributed by atoms with E-state index in [1.54, 1.807) is 4.68 Å². The number of nitrogens with one attached hydrogen (secondary N) is 1. The summed E-state index contributed by atoms with van der Waals surface area (Å²) in [5.74, 6) is -1.68. The molecule has 0 radical (unpaired) electrons. The van der Waals surface area contributed by atoms with E-state index in [0.717, 1.165) is 19.3 Å². The zero-order valence-corrected chi connectivity index (χ0v) is 17.0. The third-order valence-corrected chi connectivity index (χ3v) is 6.40. The number of amides is 2. The van der Waals surface area contributed by atoms with Gasteiger partial charge < -0.3 is 11.1 Å². The predicted octanol–water partition coefficient (Wildman–Crippen LogP) is 2.96. The minimum atomic E-state index is -0.660. The van der Waals surface area contributed by atoms with Crippen molar-refractivity contribution in [1.82, 2.24) is 15.1 Å². The van der Waals surface area contributed by atoms with E-state index in [9.17, 15) is 14.0 Å². The Morgan fingerprint density at radius 1 is 1.43 bits per heavy atom. The van der Waals surface area contributed by atoms with Gasteiger partial charge in [0.1, 0.15) is 11.5 Å². The lowest BCUT2D eigenvalue weighted by Gasteiger charge is -2.42. The monoisotopic (exact) mass is 429 g/mol. The second-order valence-corrected chi connectivity index (χ2v) is 8.44. The molecule has 1 aliphatic carbocycles. The van der Waals surface area contributed by atoms with Crippen molar-refractivity contribution >= 4 is 23.4 Å². The number of hydrogen-bond acceptors (Lipinski definition) is 4. The fraction of sp³-hybridized carbons (Fsp3) is 0.429. The Bertz CT molecular complexity index is 1070. The number of aromatic nitrogens is 2. The van der Waals surface area contributed by atoms with E-state index in [4.69, 9.17) is 22.6 Å². The molecule has 2 aromatic rings. The van der Waals surface area contributed by atoms with Gasteiger partial charge in [-0.25, -0.2) is 4.39 Å². The maximum Gasteiger partial charge on any atom is 0.252 e. The van der Waals surface area contributed by atoms with Crippen molar-refractivity contribution in [3.63, 3.8) is 0 Å². The highest BCUT2D eigenvalue weighted by molar-refractivity contribution is 6.31. The molecule has 0 saturated heterocycles. The minimum Gasteiger partial charge on any atom is -0.365 e. The highest BCUT2D eigenvalue weighted by Gasteiger charge is 2.40. The fourth-order valence-corrected chi connectivity index (χ4v) is 4.48. The number of nitriles is 1. The van der Waals surface area contributed by atoms with Crippen molar-refractivity contribution in [1.29, 1.82) is 5.26 Å². The molecule has 9 heteroatoms. The summed E-state index contributed by atoms with van der Waals surface area (Å²) in [6.07, 6.45) is 3.78. The summed E-state index contributed by atoms with van der Waals surface area (Å²) in [6.45, 7) is 0.452. The van der Waals surface area contributed by atoms with Gasteiger partial charge in [-0.05, 0) is 43.9 Å². The van der Waals surface area contributed by atoms with Gasteiger partial charge in [0.05, 0.1) is 34.3 Å². The topological polar surface area (TPSA) is 114 Å². The number of carbonyl (C=O) groups is 2. The van der Waals surface area contributed by atoms with Gasteiger partial charge >= 0.3 is 0 Å². The maximum absolute atomic E-state index is 13.6. The fourth-order valence-electron chi connectivity index (χ4n) is 4.30. The third kappa shape index (κ3) is 3.54. The molecule has 0 spiro atoms. The van der Waals surface area contributed by atoms with E-state index in [1.165, 1.54) is 18.2 Å². The highest BCUT2D eigenvalue weighted by Crippen LogP contribution is 2.36. The zero-order valence-electron chi connectivity index (χ0n) is 16.3. The van der Waals surface area contributed by atoms with Crippen LogP contribution in [0.15, 0.2) is 18.2 Å². The largest absolute Gasteiger partial charge is 0.365 e. The molecule has 2 amide bonds. The van der Waals surface area contributed by atoms with Crippen LogP contribution in [-0.4, -0.2) is 27.1 Å². The van der Waals surface area contributed by atoms with Gasteiger partial charge in [-0.2, -0.15) is 10.4 Å². The molecule has 1 saturated carbocycles. The number of primary amides is 1. The lowest BCUT2D eigenvalue weighted by atomic mass is 9.74. The van der Waals surface area contributed by atoms with Crippen molar-refractivity contribution in [3.8, 4) is 17.3 Å². The summed E-state index contributed by atoms with van der Waals surface area (Å²) in [4.78, 5) is 25.2. The van der Waals surface area contributed by atoms with Crippen LogP contribution in [0.2, 0.25) is 5.02 Å². The van der Waals surface area contributed by atoms with Crippen molar-refractivity contribution in [2.45, 2.75) is 50.6 Å². The average molecular weight is 430 g/mol. The third-order valence-electron chi connectivity index (χ3n) is 6.11. The number of halogens is 2. The SMILES string of the molecule is N#CCC1(NC(=O)C2CCn3nc(-c4ccc(F)c(Cl)c4)c(C(N)=O)c3C2)CCC1. The molecule has 1 aromatic carbocycles. The van der Waals surface area contributed by atoms with Crippen LogP contribution < -0.4 is 11.1 Å². The van der Waals surface area contributed by atoms with Crippen LogP contribution in [0.25, 0.3) is 11.3 Å². The number of carbonyl (C=O) groups excluding carboxylic acids is 2. The van der Waals surface area contributed by atoms with Crippen LogP contribution in [0.3, 0.4) is 0 Å². The number of benzene rings is 1. The van der Waals surface area contributed by atoms with Gasteiger partial charge in [-0.15, -0.1) is 0 Å². The Morgan fingerprint density at radius 2 is 2.20 bits per heavy atom. The van der Waals surface area contributed by atoms with E-state index in [2.05, 4.69) is 16.5 Å². The van der Waals surface area contributed by atoms with Crippen LogP contribution in [0.5, 0.6) is 0 Å². The lowest BCUT2D eigenvalue weighted by Crippen LogP contribution is -2.55. The Hall–Kier alpha value is -2.92. The molecule has 1 atom stereocenters. The molecule has 3 N–H and O–H groups in total. The zero-order chi connectivity index (χ0) is 21.5. The highest BCUT2D eigenvalue weighted by atomic mass is 35.5. The molecule has 30 heavy (non-hydrogen) atoms. The number of aryl methyl sites for hydroxylation is 1. The molecule has 1 aromatic heterocycles. The Balaban J connectivity index is 1.62. The number of fused-ring (bicyclic) bond motifs is 1. The van der Waals surface area contributed by atoms with E-state index in [0.29, 0.717) is 42.8 Å². The molecule has 1 fully saturated rings. The molecule has 4 rings (SSSR count). The molecule has 7 nitrogen and oxygen atoms in total. The summed E-state index contributed by atoms with van der Waals surface area (Å²) in [5.41, 5.74) is 6.86. The van der Waals surface area contributed by atoms with Crippen LogP contribution in [0.4, 0.5) is 4.39 Å². The second-order valence-electron chi connectivity index (χ2n) is 8.03. The van der Waals surface area contributed by atoms with Crippen molar-refractivity contribution in [2.75, 3.05) is 0 Å². The molecular weight excluding hydrogens is 409 g/mol. The molecule has 2 heterocycles. The van der Waals surface area contributed by atoms with Crippen molar-refractivity contribution in [3.05, 3.63) is 40.3 Å². The van der Waals surface area contributed by atoms with Crippen LogP contribution in [0.1, 0.15) is 48.2 Å². The number of rotatable bonds is 5. The second kappa shape index (κ2) is 7.73. The summed E-state index contributed by atoms with van der Waals surface area (Å²) in [6, 6.07) is 6.27. The van der Waals surface area contributed by atoms with Gasteiger partial charge in [-0.1, -0.05) is 11.6 Å². The van der Waals surface area contributed by atoms with Gasteiger partial charge in [-0.3, -0.25) is 14.3 Å². The minimum absolute atomic E-state index is 0.0746. The first kappa shape index (κ1) is 20.4. The summed E-state index contributed by atoms with van der Waals surface area (Å²) >= 11 is 5.89. The Labute approximate surface area is 178 Å². The van der Waals surface area contributed by atoms with Crippen molar-refractivity contribution in [2.24, 2.45) is 11.7 Å². The van der Waals surface area contributed by atoms with E-state index in [1.807, 2.05) is 0 Å². The summed E-state index contributed by atoms with van der Waals surface area (Å²) in [5, 5.41) is 16.6. The van der Waals surface area contributed by atoms with Crippen LogP contribution in [-0.2, 0) is 17.8 Å². The van der Waals surface area contributed by atoms with Crippen molar-refractivity contribution < 1.29 is 14.0 Å². The van der Waals surface area contributed by atoms with Crippen LogP contribution >= 0.6 is 11.6 Å². The molecular formula is C21H21ClFN5O2. The summed E-state index contributed by atoms with van der Waals surface area (Å²) in [7, 11) is 0. The standard InChI is InChI=1S/C21H21ClFN5O2/c22-14-10-12(2-3-15(14)23)18-17(19(25)29)16-11-13(4-9-28(16)27-18)20(30)26-21(7-8-24)5-1-6-21/h2-3,10,13H,1,4-7,9,11H2,(H2,25,29)(H,26,30). The smallest absolute Gasteiger partial charge is 0.252 e. The van der Waals surface area contributed by atoms with Gasteiger partial charge in [0, 0.05) is 24.4 Å². The molecule has 1 unspecified atom stereocenters. The normalized spacial score (nSPS) is 19.3. The number of hydrogen-bond donors (Lipinski definition) is 2. The lowest BCUT2D eigenvalue weighted by molar-refractivity contribution is -0.128. The van der Waals surface area contributed by atoms with E-state index < -0.39 is 17.3 Å². The summed E-state index contributed by atoms with van der Waals surface area (Å²) < 4.78 is 15.2. The predicted molar refractivity (Wildman–Crippen MR) is 108 cm³/mol. The van der Waals surface area contributed by atoms with Crippen LogP contribution in [0, 0.1) is 23.1 Å². The molecule has 0 bridgehead atoms. The van der Waals surface area contributed by atoms with E-state index >= 15 is 0 Å². The molecule has 156 valence electrons. The average Bonchev–Trinajstić information content (AvgIpc) is 3.07. The first-order valence-corrected chi connectivity index (χ1v) is 10.3. The first-order chi connectivity index (χ1) is 14.3. The number of nitrogens with zero attached hydrogens (tertiary/aromatic N) is 3. The Kier molecular flexibility index (Phi) is 5.24. The van der Waals surface area contributed by atoms with Gasteiger partial charge in [0.2, 0.25) is 5.91 Å². The van der Waals surface area contributed by atoms with Gasteiger partial charge in [0.25, 0.3) is 5.91 Å². The quantitative estimate of drug-likeness (QED) is 0.760. The van der Waals surface area contributed by atoms with E-state index in [-0.39, 0.29) is 22.4 Å². The Morgan fingerprint density at radius 3 is 2.80 bits per heavy atom. The molecule has 2 aliphatic rings. The number of nitrogens with two attached hydrogens (primary N) is 1. The first-order valence-electron chi connectivity index (χ1n) is 9.87. The molecule has 1 aliphatic heterocycles.